The molecule has 0 bridgehead atoms. The maximum Gasteiger partial charge on any atom is 0.329 e. The van der Waals surface area contributed by atoms with Crippen LogP contribution in [0.25, 0.3) is 21.9 Å². The molecule has 6 heterocycles. The molecule has 15 nitrogen and oxygen atoms in total. The number of rotatable bonds is 9. The van der Waals surface area contributed by atoms with Gasteiger partial charge in [0.1, 0.15) is 5.65 Å². The second-order valence-electron chi connectivity index (χ2n) is 14.7. The third-order valence-corrected chi connectivity index (χ3v) is 13.1. The van der Waals surface area contributed by atoms with Gasteiger partial charge < -0.3 is 5.32 Å². The number of likely N-dealkylation sites (tertiary alicyclic amines) is 1. The third kappa shape index (κ3) is 7.23. The highest BCUT2D eigenvalue weighted by Gasteiger charge is 2.31. The zero-order valence-electron chi connectivity index (χ0n) is 31.0. The van der Waals surface area contributed by atoms with Crippen molar-refractivity contribution in [2.45, 2.75) is 61.9 Å². The van der Waals surface area contributed by atoms with Gasteiger partial charge in [-0.2, -0.15) is 14.4 Å². The molecule has 5 aromatic rings. The van der Waals surface area contributed by atoms with Crippen LogP contribution in [0.15, 0.2) is 64.4 Å². The summed E-state index contributed by atoms with van der Waals surface area (Å²) >= 11 is 0. The number of carbonyl (C=O) groups is 2. The fourth-order valence-electron chi connectivity index (χ4n) is 8.03. The van der Waals surface area contributed by atoms with Crippen LogP contribution in [0, 0.1) is 0 Å². The van der Waals surface area contributed by atoms with Gasteiger partial charge in [0.05, 0.1) is 16.0 Å². The third-order valence-electron chi connectivity index (χ3n) is 11.2. The molecule has 8 rings (SSSR count). The van der Waals surface area contributed by atoms with E-state index in [-0.39, 0.29) is 41.4 Å². The number of sulfonamides is 1. The van der Waals surface area contributed by atoms with E-state index in [4.69, 9.17) is 0 Å². The Bertz CT molecular complexity index is 2510. The van der Waals surface area contributed by atoms with Gasteiger partial charge >= 0.3 is 6.03 Å². The van der Waals surface area contributed by atoms with Crippen LogP contribution in [-0.4, -0.2) is 92.6 Å². The summed E-state index contributed by atoms with van der Waals surface area (Å²) in [5.41, 5.74) is 1.86. The Kier molecular flexibility index (Phi) is 10.0. The molecule has 56 heavy (non-hydrogen) atoms. The number of aromatic nitrogens is 5. The van der Waals surface area contributed by atoms with E-state index in [0.29, 0.717) is 49.6 Å². The first kappa shape index (κ1) is 37.6. The van der Waals surface area contributed by atoms with Crippen LogP contribution in [0.3, 0.4) is 0 Å². The molecule has 0 radical (unpaired) electrons. The molecular formula is C38H42F2N10O5S. The van der Waals surface area contributed by atoms with Gasteiger partial charge in [-0.15, -0.1) is 0 Å². The number of nitrogens with one attached hydrogen (secondary N) is 2. The van der Waals surface area contributed by atoms with Crippen molar-refractivity contribution in [3.63, 3.8) is 0 Å². The summed E-state index contributed by atoms with van der Waals surface area (Å²) < 4.78 is 58.5. The summed E-state index contributed by atoms with van der Waals surface area (Å²) in [6.07, 6.45) is 1.61. The lowest BCUT2D eigenvalue weighted by Gasteiger charge is -2.33. The molecule has 3 aromatic heterocycles. The van der Waals surface area contributed by atoms with Crippen molar-refractivity contribution in [2.75, 3.05) is 42.9 Å². The fraction of sp³-hybridized carbons (Fsp3) is 0.421. The molecular weight excluding hydrogens is 747 g/mol. The first-order chi connectivity index (χ1) is 26.8. The maximum atomic E-state index is 13.8. The van der Waals surface area contributed by atoms with E-state index in [1.807, 2.05) is 19.2 Å². The minimum Gasteiger partial charge on any atom is -0.351 e. The molecule has 3 aliphatic heterocycles. The molecule has 18 heteroatoms. The second-order valence-corrected chi connectivity index (χ2v) is 16.7. The molecule has 0 aliphatic carbocycles. The molecule has 3 aliphatic rings. The molecule has 0 saturated carbocycles. The molecule has 3 fully saturated rings. The van der Waals surface area contributed by atoms with Gasteiger partial charge in [0.25, 0.3) is 12.0 Å². The quantitative estimate of drug-likeness (QED) is 0.221. The summed E-state index contributed by atoms with van der Waals surface area (Å²) in [5.74, 6) is 0.840. The normalized spacial score (nSPS) is 18.3. The van der Waals surface area contributed by atoms with Gasteiger partial charge in [-0.05, 0) is 86.1 Å². The number of amides is 3. The van der Waals surface area contributed by atoms with Gasteiger partial charge in [0.2, 0.25) is 21.9 Å². The highest BCUT2D eigenvalue weighted by molar-refractivity contribution is 7.89. The zero-order chi connectivity index (χ0) is 39.3. The second kappa shape index (κ2) is 15.0. The Labute approximate surface area is 321 Å². The number of carbonyl (C=O) groups excluding carboxylic acids is 2. The van der Waals surface area contributed by atoms with E-state index in [0.717, 1.165) is 53.0 Å². The van der Waals surface area contributed by atoms with Crippen LogP contribution in [0.2, 0.25) is 0 Å². The molecule has 0 unspecified atom stereocenters. The first-order valence-corrected chi connectivity index (χ1v) is 20.1. The highest BCUT2D eigenvalue weighted by atomic mass is 32.2. The number of piperidine rings is 2. The van der Waals surface area contributed by atoms with E-state index in [2.05, 4.69) is 42.7 Å². The largest absolute Gasteiger partial charge is 0.351 e. The Morgan fingerprint density at radius 2 is 1.71 bits per heavy atom. The van der Waals surface area contributed by atoms with Crippen molar-refractivity contribution in [1.29, 1.82) is 0 Å². The number of fused-ring (bicyclic) bond motifs is 2. The number of halogens is 2. The number of pyridine rings is 1. The predicted octanol–water partition coefficient (Wildman–Crippen LogP) is 4.24. The van der Waals surface area contributed by atoms with E-state index >= 15 is 0 Å². The lowest BCUT2D eigenvalue weighted by atomic mass is 9.89. The monoisotopic (exact) mass is 788 g/mol. The molecule has 0 spiro atoms. The smallest absolute Gasteiger partial charge is 0.329 e. The Morgan fingerprint density at radius 1 is 0.946 bits per heavy atom. The molecule has 294 valence electrons. The molecule has 3 amide bonds. The summed E-state index contributed by atoms with van der Waals surface area (Å²) in [4.78, 5) is 49.3. The van der Waals surface area contributed by atoms with Crippen molar-refractivity contribution in [3.05, 3.63) is 81.8 Å². The van der Waals surface area contributed by atoms with Crippen molar-refractivity contribution in [2.24, 2.45) is 14.1 Å². The molecule has 0 atom stereocenters. The number of aryl methyl sites for hydroxylation is 2. The molecule has 2 aromatic carbocycles. The van der Waals surface area contributed by atoms with Gasteiger partial charge in [0.15, 0.2) is 5.82 Å². The molecule has 3 saturated heterocycles. The minimum atomic E-state index is -3.74. The van der Waals surface area contributed by atoms with Crippen molar-refractivity contribution < 1.29 is 26.8 Å². The number of hydrogen-bond donors (Lipinski definition) is 2. The maximum absolute atomic E-state index is 13.8. The number of urea groups is 1. The van der Waals surface area contributed by atoms with E-state index in [1.165, 1.54) is 28.0 Å². The number of benzene rings is 2. The highest BCUT2D eigenvalue weighted by Crippen LogP contribution is 2.34. The first-order valence-electron chi connectivity index (χ1n) is 18.7. The average molecular weight is 789 g/mol. The summed E-state index contributed by atoms with van der Waals surface area (Å²) in [6.45, 7) is 3.22. The average Bonchev–Trinajstić information content (AvgIpc) is 3.51. The van der Waals surface area contributed by atoms with Gasteiger partial charge in [-0.1, -0.05) is 18.2 Å². The van der Waals surface area contributed by atoms with Gasteiger partial charge in [0, 0.05) is 69.7 Å². The number of alkyl halides is 2. The summed E-state index contributed by atoms with van der Waals surface area (Å²) in [5, 5.41) is 11.4. The minimum absolute atomic E-state index is 0.120. The standard InChI is InChI=1S/C38H42F2N10O5S/c1-46-34-26(19-30(33(39)40)36(46)52)21-41-37(44-34)42-27-10-15-49(16-11-27)56(54,55)28-5-3-4-23(18-28)22-48-13-8-24(9-14-48)25-6-7-29-31(20-25)47(2)45-35(29)50-17-12-32(51)43-38(50)53/h3-7,18-21,24,27,33H,8-17,22H2,1-2H3,(H,41,42,44)(H,43,51,53). The Morgan fingerprint density at radius 3 is 2.45 bits per heavy atom. The van der Waals surface area contributed by atoms with Gasteiger partial charge in [-0.25, -0.2) is 27.0 Å². The Hall–Kier alpha value is -5.33. The van der Waals surface area contributed by atoms with Crippen molar-refractivity contribution in [3.8, 4) is 0 Å². The van der Waals surface area contributed by atoms with E-state index in [9.17, 15) is 31.6 Å². The Balaban J connectivity index is 0.861. The molecule has 2 N–H and O–H groups in total. The van der Waals surface area contributed by atoms with Crippen molar-refractivity contribution >= 4 is 55.7 Å². The fourth-order valence-corrected chi connectivity index (χ4v) is 9.57. The number of hydrogen-bond acceptors (Lipinski definition) is 10. The van der Waals surface area contributed by atoms with E-state index < -0.39 is 33.6 Å². The number of nitrogens with zero attached hydrogens (tertiary/aromatic N) is 8. The predicted molar refractivity (Wildman–Crippen MR) is 205 cm³/mol. The summed E-state index contributed by atoms with van der Waals surface area (Å²) in [7, 11) is -0.495. The van der Waals surface area contributed by atoms with E-state index in [1.54, 1.807) is 22.9 Å². The number of anilines is 2. The van der Waals surface area contributed by atoms with Crippen LogP contribution in [-0.2, 0) is 35.5 Å². The van der Waals surface area contributed by atoms with Crippen LogP contribution in [0.5, 0.6) is 0 Å². The SMILES string of the molecule is Cn1nc(N2CCC(=O)NC2=O)c2ccc(C3CCN(Cc4cccc(S(=O)(=O)N5CCC(Nc6ncc7cc(C(F)F)c(=O)n(C)c7n6)CC5)c4)CC3)cc21. The summed E-state index contributed by atoms with van der Waals surface area (Å²) in [6, 6.07) is 13.9. The topological polar surface area (TPSA) is 168 Å². The lowest BCUT2D eigenvalue weighted by molar-refractivity contribution is -0.120. The van der Waals surface area contributed by atoms with Crippen LogP contribution in [0.1, 0.15) is 61.1 Å². The van der Waals surface area contributed by atoms with Crippen LogP contribution in [0.4, 0.5) is 25.3 Å². The van der Waals surface area contributed by atoms with Gasteiger partial charge in [-0.3, -0.25) is 34.0 Å². The number of imide groups is 1. The zero-order valence-corrected chi connectivity index (χ0v) is 31.8. The van der Waals surface area contributed by atoms with Crippen LogP contribution < -0.4 is 21.1 Å². The van der Waals surface area contributed by atoms with Crippen LogP contribution >= 0.6 is 0 Å². The van der Waals surface area contributed by atoms with Crippen molar-refractivity contribution in [1.82, 2.24) is 38.8 Å². The lowest BCUT2D eigenvalue weighted by Crippen LogP contribution is -2.49.